The molecule has 4 heteroatoms. The Hall–Kier alpha value is -1.39. The van der Waals surface area contributed by atoms with Gasteiger partial charge in [0.2, 0.25) is 0 Å². The fourth-order valence-corrected chi connectivity index (χ4v) is 2.12. The number of rotatable bonds is 4. The van der Waals surface area contributed by atoms with Crippen molar-refractivity contribution < 1.29 is 0 Å². The molecule has 1 unspecified atom stereocenters. The summed E-state index contributed by atoms with van der Waals surface area (Å²) in [7, 11) is 0. The molecule has 0 fully saturated rings. The van der Waals surface area contributed by atoms with Crippen LogP contribution >= 0.6 is 11.8 Å². The van der Waals surface area contributed by atoms with E-state index in [1.54, 1.807) is 18.0 Å². The quantitative estimate of drug-likeness (QED) is 0.858. The van der Waals surface area contributed by atoms with Crippen molar-refractivity contribution in [1.82, 2.24) is 9.97 Å². The standard InChI is InChI=1S/C14H17N3S/c1-10(15)9-14-16-8-7-13(17-14)11-3-5-12(18-2)6-4-11/h3-8,10H,9,15H2,1-2H3. The normalized spacial score (nSPS) is 12.4. The molecule has 1 aromatic heterocycles. The number of hydrogen-bond acceptors (Lipinski definition) is 4. The van der Waals surface area contributed by atoms with Crippen LogP contribution < -0.4 is 5.73 Å². The highest BCUT2D eigenvalue weighted by Gasteiger charge is 2.04. The smallest absolute Gasteiger partial charge is 0.130 e. The Kier molecular flexibility index (Phi) is 4.33. The van der Waals surface area contributed by atoms with E-state index in [2.05, 4.69) is 40.5 Å². The van der Waals surface area contributed by atoms with Crippen LogP contribution in [0.4, 0.5) is 0 Å². The lowest BCUT2D eigenvalue weighted by Gasteiger charge is -2.06. The molecule has 0 aliphatic rings. The van der Waals surface area contributed by atoms with E-state index in [9.17, 15) is 0 Å². The molecule has 0 spiro atoms. The van der Waals surface area contributed by atoms with Gasteiger partial charge in [-0.1, -0.05) is 12.1 Å². The third kappa shape index (κ3) is 3.31. The van der Waals surface area contributed by atoms with Gasteiger partial charge < -0.3 is 5.73 Å². The molecule has 18 heavy (non-hydrogen) atoms. The van der Waals surface area contributed by atoms with Crippen LogP contribution in [0, 0.1) is 0 Å². The number of aromatic nitrogens is 2. The van der Waals surface area contributed by atoms with Crippen LogP contribution in [0.25, 0.3) is 11.3 Å². The van der Waals surface area contributed by atoms with E-state index in [1.807, 2.05) is 13.0 Å². The van der Waals surface area contributed by atoms with Crippen molar-refractivity contribution in [3.63, 3.8) is 0 Å². The molecular formula is C14H17N3S. The van der Waals surface area contributed by atoms with Gasteiger partial charge in [-0.2, -0.15) is 0 Å². The van der Waals surface area contributed by atoms with Crippen molar-refractivity contribution in [3.8, 4) is 11.3 Å². The summed E-state index contributed by atoms with van der Waals surface area (Å²) in [6, 6.07) is 10.4. The Labute approximate surface area is 112 Å². The molecule has 0 aliphatic carbocycles. The van der Waals surface area contributed by atoms with Crippen molar-refractivity contribution in [2.75, 3.05) is 6.26 Å². The zero-order valence-corrected chi connectivity index (χ0v) is 11.4. The molecule has 2 aromatic rings. The lowest BCUT2D eigenvalue weighted by Crippen LogP contribution is -2.19. The van der Waals surface area contributed by atoms with Crippen LogP contribution in [0.5, 0.6) is 0 Å². The monoisotopic (exact) mass is 259 g/mol. The summed E-state index contributed by atoms with van der Waals surface area (Å²) in [5.41, 5.74) is 7.83. The van der Waals surface area contributed by atoms with Crippen LogP contribution in [-0.4, -0.2) is 22.3 Å². The van der Waals surface area contributed by atoms with Crippen molar-refractivity contribution in [2.24, 2.45) is 5.73 Å². The number of nitrogens with zero attached hydrogens (tertiary/aromatic N) is 2. The van der Waals surface area contributed by atoms with Crippen molar-refractivity contribution >= 4 is 11.8 Å². The van der Waals surface area contributed by atoms with Gasteiger partial charge >= 0.3 is 0 Å². The topological polar surface area (TPSA) is 51.8 Å². The van der Waals surface area contributed by atoms with Gasteiger partial charge in [-0.3, -0.25) is 0 Å². The number of nitrogens with two attached hydrogens (primary N) is 1. The summed E-state index contributed by atoms with van der Waals surface area (Å²) in [5, 5.41) is 0. The van der Waals surface area contributed by atoms with E-state index in [1.165, 1.54) is 4.90 Å². The van der Waals surface area contributed by atoms with Crippen molar-refractivity contribution in [3.05, 3.63) is 42.4 Å². The van der Waals surface area contributed by atoms with Gasteiger partial charge in [0, 0.05) is 29.1 Å². The summed E-state index contributed by atoms with van der Waals surface area (Å²) >= 11 is 1.73. The highest BCUT2D eigenvalue weighted by molar-refractivity contribution is 7.98. The molecule has 1 heterocycles. The van der Waals surface area contributed by atoms with Gasteiger partial charge in [0.05, 0.1) is 5.69 Å². The Morgan fingerprint density at radius 2 is 1.94 bits per heavy atom. The van der Waals surface area contributed by atoms with Gasteiger partial charge in [0.25, 0.3) is 0 Å². The molecule has 1 atom stereocenters. The molecule has 94 valence electrons. The first-order valence-corrected chi connectivity index (χ1v) is 7.13. The van der Waals surface area contributed by atoms with E-state index in [0.29, 0.717) is 6.42 Å². The molecule has 0 radical (unpaired) electrons. The van der Waals surface area contributed by atoms with Gasteiger partial charge in [0.1, 0.15) is 5.82 Å². The lowest BCUT2D eigenvalue weighted by molar-refractivity contribution is 0.702. The first kappa shape index (κ1) is 13.1. The van der Waals surface area contributed by atoms with E-state index in [-0.39, 0.29) is 6.04 Å². The molecular weight excluding hydrogens is 242 g/mol. The second-order valence-corrected chi connectivity index (χ2v) is 5.15. The Morgan fingerprint density at radius 1 is 1.22 bits per heavy atom. The molecule has 2 rings (SSSR count). The largest absolute Gasteiger partial charge is 0.328 e. The van der Waals surface area contributed by atoms with Crippen molar-refractivity contribution in [2.45, 2.75) is 24.3 Å². The predicted octanol–water partition coefficient (Wildman–Crippen LogP) is 2.76. The molecule has 0 bridgehead atoms. The minimum atomic E-state index is 0.0825. The minimum Gasteiger partial charge on any atom is -0.328 e. The summed E-state index contributed by atoms with van der Waals surface area (Å²) in [5.74, 6) is 0.802. The molecule has 1 aromatic carbocycles. The Balaban J connectivity index is 2.26. The maximum Gasteiger partial charge on any atom is 0.130 e. The molecule has 0 saturated heterocycles. The van der Waals surface area contributed by atoms with Gasteiger partial charge in [-0.05, 0) is 31.4 Å². The average molecular weight is 259 g/mol. The second kappa shape index (κ2) is 5.98. The molecule has 0 aliphatic heterocycles. The van der Waals surface area contributed by atoms with Gasteiger partial charge in [0.15, 0.2) is 0 Å². The van der Waals surface area contributed by atoms with E-state index >= 15 is 0 Å². The van der Waals surface area contributed by atoms with Crippen LogP contribution in [0.3, 0.4) is 0 Å². The molecule has 0 saturated carbocycles. The Bertz CT molecular complexity index is 509. The number of benzene rings is 1. The first-order valence-electron chi connectivity index (χ1n) is 5.91. The van der Waals surface area contributed by atoms with Crippen LogP contribution in [0.1, 0.15) is 12.7 Å². The average Bonchev–Trinajstić information content (AvgIpc) is 2.38. The fourth-order valence-electron chi connectivity index (χ4n) is 1.71. The third-order valence-corrected chi connectivity index (χ3v) is 3.34. The number of thioether (sulfide) groups is 1. The maximum absolute atomic E-state index is 5.77. The summed E-state index contributed by atoms with van der Waals surface area (Å²) in [4.78, 5) is 10.0. The highest BCUT2D eigenvalue weighted by atomic mass is 32.2. The second-order valence-electron chi connectivity index (χ2n) is 4.27. The summed E-state index contributed by atoms with van der Waals surface area (Å²) in [6.45, 7) is 1.96. The zero-order chi connectivity index (χ0) is 13.0. The Morgan fingerprint density at radius 3 is 2.56 bits per heavy atom. The number of hydrogen-bond donors (Lipinski definition) is 1. The summed E-state index contributed by atoms with van der Waals surface area (Å²) < 4.78 is 0. The van der Waals surface area contributed by atoms with Crippen LogP contribution in [0.2, 0.25) is 0 Å². The molecule has 0 amide bonds. The van der Waals surface area contributed by atoms with Crippen molar-refractivity contribution in [1.29, 1.82) is 0 Å². The van der Waals surface area contributed by atoms with E-state index in [0.717, 1.165) is 17.1 Å². The van der Waals surface area contributed by atoms with E-state index in [4.69, 9.17) is 5.73 Å². The maximum atomic E-state index is 5.77. The fraction of sp³-hybridized carbons (Fsp3) is 0.286. The molecule has 2 N–H and O–H groups in total. The van der Waals surface area contributed by atoms with Gasteiger partial charge in [-0.25, -0.2) is 9.97 Å². The lowest BCUT2D eigenvalue weighted by atomic mass is 10.1. The van der Waals surface area contributed by atoms with E-state index < -0.39 is 0 Å². The minimum absolute atomic E-state index is 0.0825. The molecule has 3 nitrogen and oxygen atoms in total. The summed E-state index contributed by atoms with van der Waals surface area (Å²) in [6.07, 6.45) is 4.57. The zero-order valence-electron chi connectivity index (χ0n) is 10.6. The van der Waals surface area contributed by atoms with Gasteiger partial charge in [-0.15, -0.1) is 11.8 Å². The SMILES string of the molecule is CSc1ccc(-c2ccnc(CC(C)N)n2)cc1. The van der Waals surface area contributed by atoms with Crippen LogP contribution in [-0.2, 0) is 6.42 Å². The first-order chi connectivity index (χ1) is 8.69. The predicted molar refractivity (Wildman–Crippen MR) is 76.6 cm³/mol. The third-order valence-electron chi connectivity index (χ3n) is 2.60. The highest BCUT2D eigenvalue weighted by Crippen LogP contribution is 2.21. The van der Waals surface area contributed by atoms with Crippen LogP contribution in [0.15, 0.2) is 41.4 Å².